The minimum absolute atomic E-state index is 0.0810. The number of methoxy groups -OCH3 is 1. The fraction of sp³-hybridized carbons (Fsp3) is 0.346. The molecule has 0 saturated heterocycles. The molecule has 1 saturated carbocycles. The highest BCUT2D eigenvalue weighted by Crippen LogP contribution is 2.27. The van der Waals surface area contributed by atoms with Crippen molar-refractivity contribution >= 4 is 11.8 Å². The number of amides is 2. The molecule has 2 aromatic carbocycles. The summed E-state index contributed by atoms with van der Waals surface area (Å²) in [6.45, 7) is 2.69. The van der Waals surface area contributed by atoms with Gasteiger partial charge in [-0.05, 0) is 43.5 Å². The van der Waals surface area contributed by atoms with Crippen molar-refractivity contribution in [2.45, 2.75) is 51.7 Å². The molecule has 1 N–H and O–H groups in total. The number of nitrogens with one attached hydrogen (secondary N) is 1. The van der Waals surface area contributed by atoms with Crippen molar-refractivity contribution in [2.75, 3.05) is 7.11 Å². The number of ether oxygens (including phenoxy) is 1. The number of aryl methyl sites for hydroxylation is 1. The molecule has 0 bridgehead atoms. The van der Waals surface area contributed by atoms with E-state index in [2.05, 4.69) is 10.5 Å². The average Bonchev–Trinajstić information content (AvgIpc) is 3.54. The Morgan fingerprint density at radius 2 is 1.88 bits per heavy atom. The van der Waals surface area contributed by atoms with Crippen LogP contribution in [0.15, 0.2) is 59.1 Å². The fourth-order valence-corrected chi connectivity index (χ4v) is 4.15. The molecule has 7 nitrogen and oxygen atoms in total. The van der Waals surface area contributed by atoms with Crippen molar-refractivity contribution in [3.8, 4) is 5.75 Å². The maximum Gasteiger partial charge on any atom is 0.273 e. The van der Waals surface area contributed by atoms with Crippen LogP contribution in [0.5, 0.6) is 5.75 Å². The molecule has 33 heavy (non-hydrogen) atoms. The smallest absolute Gasteiger partial charge is 0.273 e. The van der Waals surface area contributed by atoms with E-state index in [9.17, 15) is 9.59 Å². The molecule has 4 rings (SSSR count). The van der Waals surface area contributed by atoms with Crippen LogP contribution >= 0.6 is 0 Å². The van der Waals surface area contributed by atoms with Crippen LogP contribution in [0.3, 0.4) is 0 Å². The number of benzene rings is 2. The van der Waals surface area contributed by atoms with Crippen molar-refractivity contribution in [2.24, 2.45) is 0 Å². The maximum atomic E-state index is 13.4. The minimum atomic E-state index is -0.308. The van der Waals surface area contributed by atoms with E-state index >= 15 is 0 Å². The topological polar surface area (TPSA) is 84.7 Å². The lowest BCUT2D eigenvalue weighted by Crippen LogP contribution is -2.38. The molecule has 1 fully saturated rings. The van der Waals surface area contributed by atoms with Gasteiger partial charge in [-0.25, -0.2) is 0 Å². The molecule has 1 aliphatic rings. The van der Waals surface area contributed by atoms with Gasteiger partial charge in [0.05, 0.1) is 13.7 Å². The Morgan fingerprint density at radius 3 is 2.61 bits per heavy atom. The van der Waals surface area contributed by atoms with Crippen LogP contribution < -0.4 is 10.1 Å². The van der Waals surface area contributed by atoms with E-state index in [4.69, 9.17) is 9.26 Å². The van der Waals surface area contributed by atoms with E-state index in [-0.39, 0.29) is 30.1 Å². The highest BCUT2D eigenvalue weighted by Gasteiger charge is 2.29. The van der Waals surface area contributed by atoms with Gasteiger partial charge in [0, 0.05) is 24.2 Å². The first kappa shape index (κ1) is 22.6. The summed E-state index contributed by atoms with van der Waals surface area (Å²) < 4.78 is 10.7. The second-order valence-corrected chi connectivity index (χ2v) is 8.45. The first-order valence-electron chi connectivity index (χ1n) is 11.3. The van der Waals surface area contributed by atoms with Crippen LogP contribution in [0.4, 0.5) is 0 Å². The van der Waals surface area contributed by atoms with Crippen LogP contribution in [-0.4, -0.2) is 35.0 Å². The van der Waals surface area contributed by atoms with Gasteiger partial charge in [0.25, 0.3) is 11.8 Å². The summed E-state index contributed by atoms with van der Waals surface area (Å²) in [5.74, 6) is 0.734. The van der Waals surface area contributed by atoms with Crippen molar-refractivity contribution < 1.29 is 18.8 Å². The van der Waals surface area contributed by atoms with E-state index in [1.165, 1.54) is 5.56 Å². The van der Waals surface area contributed by atoms with Crippen LogP contribution in [0.2, 0.25) is 0 Å². The van der Waals surface area contributed by atoms with Gasteiger partial charge in [-0.3, -0.25) is 9.59 Å². The second kappa shape index (κ2) is 10.3. The van der Waals surface area contributed by atoms with Gasteiger partial charge in [-0.1, -0.05) is 53.9 Å². The predicted octanol–water partition coefficient (Wildman–Crippen LogP) is 4.51. The van der Waals surface area contributed by atoms with Gasteiger partial charge < -0.3 is 19.5 Å². The zero-order valence-corrected chi connectivity index (χ0v) is 19.0. The molecular weight excluding hydrogens is 418 g/mol. The molecule has 0 aliphatic heterocycles. The highest BCUT2D eigenvalue weighted by molar-refractivity contribution is 5.95. The Labute approximate surface area is 193 Å². The Morgan fingerprint density at radius 1 is 1.12 bits per heavy atom. The van der Waals surface area contributed by atoms with E-state index in [1.54, 1.807) is 25.3 Å². The summed E-state index contributed by atoms with van der Waals surface area (Å²) >= 11 is 0. The zero-order valence-electron chi connectivity index (χ0n) is 19.0. The largest absolute Gasteiger partial charge is 0.497 e. The average molecular weight is 448 g/mol. The lowest BCUT2D eigenvalue weighted by atomic mass is 10.1. The third-order valence-electron chi connectivity index (χ3n) is 6.03. The van der Waals surface area contributed by atoms with Gasteiger partial charge in [-0.15, -0.1) is 0 Å². The SMILES string of the molecule is COc1cccc(C(=O)N(Cc2cc(C(=O)NCc3ccc(C)cc3)no2)C2CCCC2)c1. The molecule has 1 heterocycles. The molecule has 1 aromatic heterocycles. The zero-order chi connectivity index (χ0) is 23.2. The molecule has 172 valence electrons. The molecule has 2 amide bonds. The maximum absolute atomic E-state index is 13.4. The van der Waals surface area contributed by atoms with Gasteiger partial charge in [0.1, 0.15) is 5.75 Å². The predicted molar refractivity (Wildman–Crippen MR) is 124 cm³/mol. The molecule has 1 aliphatic carbocycles. The number of hydrogen-bond donors (Lipinski definition) is 1. The highest BCUT2D eigenvalue weighted by atomic mass is 16.5. The van der Waals surface area contributed by atoms with Gasteiger partial charge in [0.15, 0.2) is 11.5 Å². The molecule has 0 spiro atoms. The summed E-state index contributed by atoms with van der Waals surface area (Å²) in [5.41, 5.74) is 2.95. The monoisotopic (exact) mass is 447 g/mol. The van der Waals surface area contributed by atoms with Gasteiger partial charge in [-0.2, -0.15) is 0 Å². The lowest BCUT2D eigenvalue weighted by molar-refractivity contribution is 0.0643. The van der Waals surface area contributed by atoms with E-state index in [0.717, 1.165) is 31.2 Å². The molecular formula is C26H29N3O4. The number of aromatic nitrogens is 1. The van der Waals surface area contributed by atoms with Crippen molar-refractivity contribution in [3.05, 3.63) is 82.7 Å². The Kier molecular flexibility index (Phi) is 7.07. The van der Waals surface area contributed by atoms with E-state index < -0.39 is 0 Å². The Hall–Kier alpha value is -3.61. The second-order valence-electron chi connectivity index (χ2n) is 8.45. The Balaban J connectivity index is 1.45. The van der Waals surface area contributed by atoms with Crippen molar-refractivity contribution in [1.29, 1.82) is 0 Å². The fourth-order valence-electron chi connectivity index (χ4n) is 4.15. The van der Waals surface area contributed by atoms with Gasteiger partial charge in [0.2, 0.25) is 0 Å². The number of nitrogens with zero attached hydrogens (tertiary/aromatic N) is 2. The van der Waals surface area contributed by atoms with E-state index in [1.807, 2.05) is 48.2 Å². The number of carbonyl (C=O) groups is 2. The van der Waals surface area contributed by atoms with Crippen LogP contribution in [0.1, 0.15) is 63.4 Å². The van der Waals surface area contributed by atoms with Crippen LogP contribution in [0.25, 0.3) is 0 Å². The normalized spacial score (nSPS) is 13.6. The first-order chi connectivity index (χ1) is 16.0. The third-order valence-corrected chi connectivity index (χ3v) is 6.03. The summed E-state index contributed by atoms with van der Waals surface area (Å²) in [6, 6.07) is 16.9. The van der Waals surface area contributed by atoms with Crippen LogP contribution in [0, 0.1) is 6.92 Å². The summed E-state index contributed by atoms with van der Waals surface area (Å²) in [7, 11) is 1.58. The molecule has 3 aromatic rings. The Bertz CT molecular complexity index is 1100. The van der Waals surface area contributed by atoms with Crippen molar-refractivity contribution in [1.82, 2.24) is 15.4 Å². The third kappa shape index (κ3) is 5.61. The minimum Gasteiger partial charge on any atom is -0.497 e. The summed E-state index contributed by atoms with van der Waals surface area (Å²) in [4.78, 5) is 27.7. The van der Waals surface area contributed by atoms with Gasteiger partial charge >= 0.3 is 0 Å². The number of hydrogen-bond acceptors (Lipinski definition) is 5. The molecule has 0 unspecified atom stereocenters. The quantitative estimate of drug-likeness (QED) is 0.549. The number of rotatable bonds is 8. The summed E-state index contributed by atoms with van der Waals surface area (Å²) in [5, 5.41) is 6.80. The standard InChI is InChI=1S/C26H29N3O4/c1-18-10-12-19(13-11-18)16-27-25(30)24-15-23(33-28-24)17-29(21-7-3-4-8-21)26(31)20-6-5-9-22(14-20)32-2/h5-6,9-15,21H,3-4,7-8,16-17H2,1-2H3,(H,27,30). The molecule has 0 atom stereocenters. The first-order valence-corrected chi connectivity index (χ1v) is 11.3. The molecule has 0 radical (unpaired) electrons. The number of carbonyl (C=O) groups excluding carboxylic acids is 2. The molecule has 7 heteroatoms. The lowest BCUT2D eigenvalue weighted by Gasteiger charge is -2.28. The summed E-state index contributed by atoms with van der Waals surface area (Å²) in [6.07, 6.45) is 4.09. The van der Waals surface area contributed by atoms with E-state index in [0.29, 0.717) is 23.6 Å². The van der Waals surface area contributed by atoms with Crippen molar-refractivity contribution in [3.63, 3.8) is 0 Å². The van der Waals surface area contributed by atoms with Crippen LogP contribution in [-0.2, 0) is 13.1 Å².